The van der Waals surface area contributed by atoms with Crippen LogP contribution < -0.4 is 4.90 Å². The summed E-state index contributed by atoms with van der Waals surface area (Å²) in [5.41, 5.74) is -0.841. The third kappa shape index (κ3) is 2.42. The Bertz CT molecular complexity index is 609. The molecule has 0 aromatic heterocycles. The van der Waals surface area contributed by atoms with Gasteiger partial charge in [0.1, 0.15) is 11.5 Å². The zero-order valence-electron chi connectivity index (χ0n) is 11.0. The predicted octanol–water partition coefficient (Wildman–Crippen LogP) is 1.80. The van der Waals surface area contributed by atoms with Crippen molar-refractivity contribution in [1.82, 2.24) is 0 Å². The number of anilines is 1. The average molecular weight is 296 g/mol. The first-order chi connectivity index (χ1) is 9.95. The van der Waals surface area contributed by atoms with E-state index in [-0.39, 0.29) is 17.9 Å². The van der Waals surface area contributed by atoms with Crippen molar-refractivity contribution in [2.24, 2.45) is 0 Å². The Labute approximate surface area is 119 Å². The summed E-state index contributed by atoms with van der Waals surface area (Å²) in [6, 6.07) is 1.72. The molecular formula is C13H13FN2O5. The minimum atomic E-state index is -1.44. The first-order valence-corrected chi connectivity index (χ1v) is 6.57. The van der Waals surface area contributed by atoms with E-state index in [4.69, 9.17) is 9.84 Å². The van der Waals surface area contributed by atoms with Crippen LogP contribution in [0.5, 0.6) is 0 Å². The number of aromatic carboxylic acids is 1. The van der Waals surface area contributed by atoms with Gasteiger partial charge in [0.25, 0.3) is 5.69 Å². The lowest BCUT2D eigenvalue weighted by Crippen LogP contribution is -2.43. The van der Waals surface area contributed by atoms with Gasteiger partial charge in [0, 0.05) is 13.1 Å². The molecule has 2 heterocycles. The number of rotatable bonds is 3. The molecule has 8 heteroatoms. The molecule has 1 aromatic carbocycles. The number of nitro benzene ring substituents is 1. The zero-order valence-corrected chi connectivity index (χ0v) is 11.0. The van der Waals surface area contributed by atoms with Crippen LogP contribution in [-0.4, -0.2) is 41.3 Å². The fourth-order valence-electron chi connectivity index (χ4n) is 2.93. The van der Waals surface area contributed by atoms with Crippen molar-refractivity contribution < 1.29 is 24.0 Å². The molecule has 112 valence electrons. The molecule has 2 fully saturated rings. The van der Waals surface area contributed by atoms with Gasteiger partial charge in [-0.05, 0) is 18.9 Å². The van der Waals surface area contributed by atoms with E-state index in [0.717, 1.165) is 18.9 Å². The number of morpholine rings is 1. The Morgan fingerprint density at radius 3 is 2.52 bits per heavy atom. The number of ether oxygens (including phenoxy) is 1. The van der Waals surface area contributed by atoms with Crippen LogP contribution in [-0.2, 0) is 4.74 Å². The minimum Gasteiger partial charge on any atom is -0.478 e. The molecule has 1 aromatic rings. The zero-order chi connectivity index (χ0) is 15.1. The summed E-state index contributed by atoms with van der Waals surface area (Å²) in [4.78, 5) is 23.2. The molecule has 7 nitrogen and oxygen atoms in total. The van der Waals surface area contributed by atoms with E-state index in [1.165, 1.54) is 0 Å². The maximum Gasteiger partial charge on any atom is 0.338 e. The number of nitrogens with zero attached hydrogens (tertiary/aromatic N) is 2. The first kappa shape index (κ1) is 13.7. The molecular weight excluding hydrogens is 283 g/mol. The van der Waals surface area contributed by atoms with Gasteiger partial charge in [0.15, 0.2) is 0 Å². The summed E-state index contributed by atoms with van der Waals surface area (Å²) in [5.74, 6) is -2.55. The number of carboxylic acid groups (broad SMARTS) is 1. The molecule has 2 bridgehead atoms. The number of fused-ring (bicyclic) bond motifs is 2. The van der Waals surface area contributed by atoms with Crippen molar-refractivity contribution in [1.29, 1.82) is 0 Å². The van der Waals surface area contributed by atoms with Crippen LogP contribution in [0.1, 0.15) is 23.2 Å². The second-order valence-corrected chi connectivity index (χ2v) is 5.25. The van der Waals surface area contributed by atoms with Gasteiger partial charge in [-0.2, -0.15) is 0 Å². The molecule has 2 aliphatic rings. The molecule has 3 rings (SSSR count). The molecule has 2 unspecified atom stereocenters. The maximum atomic E-state index is 13.6. The average Bonchev–Trinajstić information content (AvgIpc) is 2.76. The standard InChI is InChI=1S/C13H13FN2O5/c14-10-4-12(16(19)20)11(3-9(10)13(17)18)15-5-7-1-2-8(6-15)21-7/h3-4,7-8H,1-2,5-6H2,(H,17,18). The molecule has 1 N–H and O–H groups in total. The van der Waals surface area contributed by atoms with Crippen molar-refractivity contribution in [3.05, 3.63) is 33.6 Å². The van der Waals surface area contributed by atoms with Crippen LogP contribution in [0.25, 0.3) is 0 Å². The number of hydrogen-bond acceptors (Lipinski definition) is 5. The summed E-state index contributed by atoms with van der Waals surface area (Å²) >= 11 is 0. The second kappa shape index (κ2) is 4.96. The van der Waals surface area contributed by atoms with Gasteiger partial charge in [-0.25, -0.2) is 9.18 Å². The van der Waals surface area contributed by atoms with E-state index < -0.39 is 28.0 Å². The van der Waals surface area contributed by atoms with E-state index in [1.807, 2.05) is 0 Å². The number of carboxylic acids is 1. The topological polar surface area (TPSA) is 92.9 Å². The largest absolute Gasteiger partial charge is 0.478 e. The lowest BCUT2D eigenvalue weighted by Gasteiger charge is -2.33. The number of carbonyl (C=O) groups is 1. The molecule has 2 atom stereocenters. The van der Waals surface area contributed by atoms with Gasteiger partial charge >= 0.3 is 5.97 Å². The van der Waals surface area contributed by atoms with E-state index in [0.29, 0.717) is 19.2 Å². The lowest BCUT2D eigenvalue weighted by atomic mass is 10.1. The maximum absolute atomic E-state index is 13.6. The summed E-state index contributed by atoms with van der Waals surface area (Å²) in [7, 11) is 0. The monoisotopic (exact) mass is 296 g/mol. The summed E-state index contributed by atoms with van der Waals surface area (Å²) in [6.45, 7) is 0.893. The van der Waals surface area contributed by atoms with Gasteiger partial charge in [0.2, 0.25) is 0 Å². The number of benzene rings is 1. The molecule has 0 spiro atoms. The van der Waals surface area contributed by atoms with Crippen LogP contribution in [0, 0.1) is 15.9 Å². The molecule has 2 saturated heterocycles. The highest BCUT2D eigenvalue weighted by Gasteiger charge is 2.36. The fraction of sp³-hybridized carbons (Fsp3) is 0.462. The third-order valence-corrected chi connectivity index (χ3v) is 3.88. The van der Waals surface area contributed by atoms with Crippen LogP contribution >= 0.6 is 0 Å². The van der Waals surface area contributed by atoms with Gasteiger partial charge in [-0.3, -0.25) is 10.1 Å². The Hall–Kier alpha value is -2.22. The lowest BCUT2D eigenvalue weighted by molar-refractivity contribution is -0.384. The Kier molecular flexibility index (Phi) is 3.25. The highest BCUT2D eigenvalue weighted by atomic mass is 19.1. The smallest absolute Gasteiger partial charge is 0.338 e. The van der Waals surface area contributed by atoms with Crippen LogP contribution in [0.2, 0.25) is 0 Å². The van der Waals surface area contributed by atoms with Crippen molar-refractivity contribution >= 4 is 17.3 Å². The van der Waals surface area contributed by atoms with E-state index in [9.17, 15) is 19.3 Å². The molecule has 0 aliphatic carbocycles. The van der Waals surface area contributed by atoms with E-state index in [2.05, 4.69) is 0 Å². The Balaban J connectivity index is 2.04. The molecule has 0 radical (unpaired) electrons. The number of nitro groups is 1. The molecule has 21 heavy (non-hydrogen) atoms. The predicted molar refractivity (Wildman–Crippen MR) is 70.1 cm³/mol. The van der Waals surface area contributed by atoms with E-state index >= 15 is 0 Å². The summed E-state index contributed by atoms with van der Waals surface area (Å²) in [6.07, 6.45) is 1.73. The molecule has 0 saturated carbocycles. The normalized spacial score (nSPS) is 24.1. The van der Waals surface area contributed by atoms with Crippen molar-refractivity contribution in [3.63, 3.8) is 0 Å². The van der Waals surface area contributed by atoms with E-state index in [1.54, 1.807) is 4.90 Å². The van der Waals surface area contributed by atoms with Crippen LogP contribution in [0.3, 0.4) is 0 Å². The molecule has 0 amide bonds. The molecule has 2 aliphatic heterocycles. The minimum absolute atomic E-state index is 0.0123. The second-order valence-electron chi connectivity index (χ2n) is 5.25. The highest BCUT2D eigenvalue weighted by Crippen LogP contribution is 2.36. The van der Waals surface area contributed by atoms with Crippen LogP contribution in [0.4, 0.5) is 15.8 Å². The quantitative estimate of drug-likeness (QED) is 0.675. The van der Waals surface area contributed by atoms with Gasteiger partial charge in [-0.1, -0.05) is 0 Å². The third-order valence-electron chi connectivity index (χ3n) is 3.88. The Morgan fingerprint density at radius 1 is 1.38 bits per heavy atom. The fourth-order valence-corrected chi connectivity index (χ4v) is 2.93. The van der Waals surface area contributed by atoms with Crippen molar-refractivity contribution in [3.8, 4) is 0 Å². The van der Waals surface area contributed by atoms with Gasteiger partial charge in [-0.15, -0.1) is 0 Å². The summed E-state index contributed by atoms with van der Waals surface area (Å²) < 4.78 is 19.3. The SMILES string of the molecule is O=C(O)c1cc(N2CC3CCC(C2)O3)c([N+](=O)[O-])cc1F. The summed E-state index contributed by atoms with van der Waals surface area (Å²) in [5, 5.41) is 20.1. The van der Waals surface area contributed by atoms with Crippen molar-refractivity contribution in [2.75, 3.05) is 18.0 Å². The number of hydrogen-bond donors (Lipinski definition) is 1. The van der Waals surface area contributed by atoms with Crippen molar-refractivity contribution in [2.45, 2.75) is 25.0 Å². The Morgan fingerprint density at radius 2 is 2.00 bits per heavy atom. The van der Waals surface area contributed by atoms with Crippen LogP contribution in [0.15, 0.2) is 12.1 Å². The first-order valence-electron chi connectivity index (χ1n) is 6.57. The number of halogens is 1. The van der Waals surface area contributed by atoms with Gasteiger partial charge < -0.3 is 14.7 Å². The van der Waals surface area contributed by atoms with Gasteiger partial charge in [0.05, 0.1) is 28.8 Å². The highest BCUT2D eigenvalue weighted by molar-refractivity contribution is 5.90.